The lowest BCUT2D eigenvalue weighted by Crippen LogP contribution is -2.42. The van der Waals surface area contributed by atoms with Gasteiger partial charge >= 0.3 is 0 Å². The van der Waals surface area contributed by atoms with Crippen LogP contribution in [0.4, 0.5) is 0 Å². The van der Waals surface area contributed by atoms with Gasteiger partial charge in [-0.15, -0.1) is 10.2 Å². The van der Waals surface area contributed by atoms with Crippen LogP contribution in [-0.2, 0) is 35.5 Å². The highest BCUT2D eigenvalue weighted by Gasteiger charge is 2.33. The fourth-order valence-electron chi connectivity index (χ4n) is 4.18. The maximum atomic E-state index is 12.9. The van der Waals surface area contributed by atoms with Crippen LogP contribution >= 0.6 is 0 Å². The van der Waals surface area contributed by atoms with Crippen molar-refractivity contribution < 1.29 is 9.53 Å². The Kier molecular flexibility index (Phi) is 4.29. The van der Waals surface area contributed by atoms with Gasteiger partial charge in [0.05, 0.1) is 6.04 Å². The summed E-state index contributed by atoms with van der Waals surface area (Å²) in [4.78, 5) is 14.9. The smallest absolute Gasteiger partial charge is 0.223 e. The third kappa shape index (κ3) is 2.95. The molecule has 1 aromatic carbocycles. The summed E-state index contributed by atoms with van der Waals surface area (Å²) in [7, 11) is 1.66. The lowest BCUT2D eigenvalue weighted by molar-refractivity contribution is -0.135. The van der Waals surface area contributed by atoms with E-state index in [0.29, 0.717) is 25.5 Å². The van der Waals surface area contributed by atoms with Gasteiger partial charge < -0.3 is 14.2 Å². The van der Waals surface area contributed by atoms with Gasteiger partial charge in [-0.3, -0.25) is 4.79 Å². The van der Waals surface area contributed by atoms with Crippen LogP contribution in [0.25, 0.3) is 0 Å². The molecule has 1 aliphatic heterocycles. The molecule has 0 bridgehead atoms. The summed E-state index contributed by atoms with van der Waals surface area (Å²) in [5, 5.41) is 8.50. The summed E-state index contributed by atoms with van der Waals surface area (Å²) in [5.74, 6) is 2.35. The lowest BCUT2D eigenvalue weighted by atomic mass is 10.0. The largest absolute Gasteiger partial charge is 0.377 e. The molecule has 1 amide bonds. The topological polar surface area (TPSA) is 60.3 Å². The molecule has 2 aromatic rings. The molecular formula is C19H24N4O2. The fourth-order valence-corrected chi connectivity index (χ4v) is 4.18. The molecule has 0 saturated heterocycles. The number of hydrogen-bond acceptors (Lipinski definition) is 4. The van der Waals surface area contributed by atoms with Crippen molar-refractivity contribution in [1.82, 2.24) is 19.7 Å². The minimum Gasteiger partial charge on any atom is -0.377 e. The molecule has 1 aromatic heterocycles. The maximum Gasteiger partial charge on any atom is 0.223 e. The molecule has 2 aliphatic rings. The van der Waals surface area contributed by atoms with Crippen molar-refractivity contribution in [2.75, 3.05) is 13.7 Å². The van der Waals surface area contributed by atoms with Crippen LogP contribution in [0.3, 0.4) is 0 Å². The molecular weight excluding hydrogens is 316 g/mol. The molecule has 0 saturated carbocycles. The Morgan fingerprint density at radius 2 is 1.92 bits per heavy atom. The van der Waals surface area contributed by atoms with Crippen molar-refractivity contribution in [3.63, 3.8) is 0 Å². The van der Waals surface area contributed by atoms with E-state index in [1.807, 2.05) is 11.8 Å². The average Bonchev–Trinajstić information content (AvgIpc) is 3.19. The number of carbonyl (C=O) groups is 1. The molecule has 6 nitrogen and oxygen atoms in total. The number of ether oxygens (including phenoxy) is 1. The van der Waals surface area contributed by atoms with Crippen molar-refractivity contribution in [2.24, 2.45) is 5.92 Å². The van der Waals surface area contributed by atoms with Gasteiger partial charge in [0.2, 0.25) is 5.91 Å². The molecule has 132 valence electrons. The number of fused-ring (bicyclic) bond motifs is 2. The molecule has 1 atom stereocenters. The van der Waals surface area contributed by atoms with E-state index >= 15 is 0 Å². The monoisotopic (exact) mass is 340 g/mol. The quantitative estimate of drug-likeness (QED) is 0.855. The first-order valence-corrected chi connectivity index (χ1v) is 8.94. The van der Waals surface area contributed by atoms with Gasteiger partial charge in [0.15, 0.2) is 11.6 Å². The van der Waals surface area contributed by atoms with Crippen molar-refractivity contribution in [3.05, 3.63) is 47.0 Å². The van der Waals surface area contributed by atoms with E-state index in [4.69, 9.17) is 4.74 Å². The zero-order chi connectivity index (χ0) is 17.4. The number of rotatable bonds is 4. The third-order valence-corrected chi connectivity index (χ3v) is 5.45. The van der Waals surface area contributed by atoms with Crippen molar-refractivity contribution in [3.8, 4) is 0 Å². The molecule has 2 heterocycles. The molecule has 0 fully saturated rings. The first-order valence-electron chi connectivity index (χ1n) is 8.94. The van der Waals surface area contributed by atoms with Crippen LogP contribution in [0.5, 0.6) is 0 Å². The van der Waals surface area contributed by atoms with Gasteiger partial charge in [-0.25, -0.2) is 0 Å². The minimum atomic E-state index is -0.0388. The molecule has 1 aliphatic carbocycles. The minimum absolute atomic E-state index is 0.0388. The van der Waals surface area contributed by atoms with Crippen LogP contribution in [0.2, 0.25) is 0 Å². The second-order valence-electron chi connectivity index (χ2n) is 7.07. The van der Waals surface area contributed by atoms with Crippen molar-refractivity contribution in [1.29, 1.82) is 0 Å². The van der Waals surface area contributed by atoms with E-state index in [-0.39, 0.29) is 11.9 Å². The molecule has 4 rings (SSSR count). The van der Waals surface area contributed by atoms with Gasteiger partial charge in [-0.1, -0.05) is 24.3 Å². The highest BCUT2D eigenvalue weighted by Crippen LogP contribution is 2.31. The number of amides is 1. The second-order valence-corrected chi connectivity index (χ2v) is 7.07. The molecule has 0 N–H and O–H groups in total. The SMILES string of the molecule is COCc1nnc2n1CCN(C(=O)CC1Cc3ccccc3C1)[C@H]2C. The number of carbonyl (C=O) groups excluding carboxylic acids is 1. The van der Waals surface area contributed by atoms with E-state index < -0.39 is 0 Å². The summed E-state index contributed by atoms with van der Waals surface area (Å²) in [6, 6.07) is 8.50. The number of nitrogens with zero attached hydrogens (tertiary/aromatic N) is 4. The Bertz CT molecular complexity index is 760. The standard InChI is InChI=1S/C19H24N4O2/c1-13-19-21-20-17(12-25-2)23(19)8-7-22(13)18(24)11-14-9-15-5-3-4-6-16(15)10-14/h3-6,13-14H,7-12H2,1-2H3/t13-/m0/s1. The summed E-state index contributed by atoms with van der Waals surface area (Å²) in [6.07, 6.45) is 2.63. The zero-order valence-electron chi connectivity index (χ0n) is 14.8. The Hall–Kier alpha value is -2.21. The van der Waals surface area contributed by atoms with Crippen molar-refractivity contribution >= 4 is 5.91 Å². The predicted octanol–water partition coefficient (Wildman–Crippen LogP) is 2.13. The van der Waals surface area contributed by atoms with Crippen LogP contribution in [-0.4, -0.2) is 39.2 Å². The Labute approximate surface area is 147 Å². The Balaban J connectivity index is 1.43. The summed E-state index contributed by atoms with van der Waals surface area (Å²) >= 11 is 0. The summed E-state index contributed by atoms with van der Waals surface area (Å²) in [5.41, 5.74) is 2.80. The predicted molar refractivity (Wildman–Crippen MR) is 92.8 cm³/mol. The number of aromatic nitrogens is 3. The molecule has 25 heavy (non-hydrogen) atoms. The maximum absolute atomic E-state index is 12.9. The lowest BCUT2D eigenvalue weighted by Gasteiger charge is -2.34. The van der Waals surface area contributed by atoms with E-state index in [2.05, 4.69) is 39.0 Å². The van der Waals surface area contributed by atoms with Gasteiger partial charge in [0, 0.05) is 26.6 Å². The molecule has 0 unspecified atom stereocenters. The fraction of sp³-hybridized carbons (Fsp3) is 0.526. The highest BCUT2D eigenvalue weighted by molar-refractivity contribution is 5.77. The van der Waals surface area contributed by atoms with Gasteiger partial charge in [-0.2, -0.15) is 0 Å². The normalized spacial score (nSPS) is 19.8. The second kappa shape index (κ2) is 6.59. The van der Waals surface area contributed by atoms with Crippen LogP contribution in [0.15, 0.2) is 24.3 Å². The first kappa shape index (κ1) is 16.3. The van der Waals surface area contributed by atoms with Crippen LogP contribution in [0, 0.1) is 5.92 Å². The summed E-state index contributed by atoms with van der Waals surface area (Å²) < 4.78 is 7.26. The zero-order valence-corrected chi connectivity index (χ0v) is 14.8. The van der Waals surface area contributed by atoms with Gasteiger partial charge in [-0.05, 0) is 36.8 Å². The van der Waals surface area contributed by atoms with Gasteiger partial charge in [0.25, 0.3) is 0 Å². The Morgan fingerprint density at radius 3 is 2.60 bits per heavy atom. The number of benzene rings is 1. The average molecular weight is 340 g/mol. The number of hydrogen-bond donors (Lipinski definition) is 0. The van der Waals surface area contributed by atoms with Crippen LogP contribution in [0.1, 0.15) is 42.2 Å². The van der Waals surface area contributed by atoms with E-state index in [9.17, 15) is 4.79 Å². The van der Waals surface area contributed by atoms with E-state index in [0.717, 1.165) is 31.0 Å². The molecule has 6 heteroatoms. The van der Waals surface area contributed by atoms with Crippen molar-refractivity contribution in [2.45, 2.75) is 45.4 Å². The molecule has 0 radical (unpaired) electrons. The van der Waals surface area contributed by atoms with Gasteiger partial charge in [0.1, 0.15) is 6.61 Å². The summed E-state index contributed by atoms with van der Waals surface area (Å²) in [6.45, 7) is 3.94. The van der Waals surface area contributed by atoms with Crippen LogP contribution < -0.4 is 0 Å². The number of methoxy groups -OCH3 is 1. The molecule has 0 spiro atoms. The van der Waals surface area contributed by atoms with E-state index in [1.165, 1.54) is 11.1 Å². The Morgan fingerprint density at radius 1 is 1.20 bits per heavy atom. The first-order chi connectivity index (χ1) is 12.2. The third-order valence-electron chi connectivity index (χ3n) is 5.45. The highest BCUT2D eigenvalue weighted by atomic mass is 16.5. The van der Waals surface area contributed by atoms with E-state index in [1.54, 1.807) is 7.11 Å².